The predicted molar refractivity (Wildman–Crippen MR) is 67.5 cm³/mol. The topological polar surface area (TPSA) is 33.2 Å². The number of pyridine rings is 1. The molecular formula is C12H14BrFN2O. The first-order valence-corrected chi connectivity index (χ1v) is 6.49. The van der Waals surface area contributed by atoms with Crippen molar-refractivity contribution in [2.75, 3.05) is 18.0 Å². The first-order chi connectivity index (χ1) is 8.11. The maximum absolute atomic E-state index is 13.4. The van der Waals surface area contributed by atoms with Gasteiger partial charge in [0.05, 0.1) is 4.47 Å². The molecule has 0 spiro atoms. The summed E-state index contributed by atoms with van der Waals surface area (Å²) in [4.78, 5) is 17.7. The van der Waals surface area contributed by atoms with Gasteiger partial charge < -0.3 is 4.90 Å². The summed E-state index contributed by atoms with van der Waals surface area (Å²) in [6.45, 7) is 3.30. The van der Waals surface area contributed by atoms with Crippen molar-refractivity contribution in [1.29, 1.82) is 0 Å². The number of aromatic nitrogens is 1. The van der Waals surface area contributed by atoms with E-state index < -0.39 is 0 Å². The van der Waals surface area contributed by atoms with E-state index in [-0.39, 0.29) is 17.5 Å². The van der Waals surface area contributed by atoms with Crippen molar-refractivity contribution in [2.24, 2.45) is 5.92 Å². The van der Waals surface area contributed by atoms with Gasteiger partial charge in [0.25, 0.3) is 0 Å². The molecule has 92 valence electrons. The van der Waals surface area contributed by atoms with Crippen LogP contribution in [0.1, 0.15) is 19.8 Å². The third kappa shape index (κ3) is 2.65. The molecule has 1 aromatic heterocycles. The molecule has 0 aromatic carbocycles. The molecule has 1 fully saturated rings. The maximum Gasteiger partial charge on any atom is 0.142 e. The van der Waals surface area contributed by atoms with Crippen molar-refractivity contribution >= 4 is 27.5 Å². The molecule has 0 N–H and O–H groups in total. The van der Waals surface area contributed by atoms with E-state index in [1.54, 1.807) is 0 Å². The van der Waals surface area contributed by atoms with Crippen LogP contribution in [0.25, 0.3) is 0 Å². The zero-order chi connectivity index (χ0) is 12.4. The fraction of sp³-hybridized carbons (Fsp3) is 0.500. The second kappa shape index (κ2) is 5.12. The number of anilines is 1. The van der Waals surface area contributed by atoms with Crippen LogP contribution in [0.3, 0.4) is 0 Å². The van der Waals surface area contributed by atoms with Crippen LogP contribution in [0.2, 0.25) is 0 Å². The van der Waals surface area contributed by atoms with E-state index in [1.165, 1.54) is 12.3 Å². The van der Waals surface area contributed by atoms with Gasteiger partial charge in [0.2, 0.25) is 0 Å². The number of hydrogen-bond acceptors (Lipinski definition) is 3. The van der Waals surface area contributed by atoms with Crippen molar-refractivity contribution in [2.45, 2.75) is 19.8 Å². The molecule has 3 nitrogen and oxygen atoms in total. The Kier molecular flexibility index (Phi) is 3.76. The van der Waals surface area contributed by atoms with E-state index in [0.717, 1.165) is 13.0 Å². The van der Waals surface area contributed by atoms with E-state index in [1.807, 2.05) is 11.8 Å². The number of Topliss-reactive ketones (excluding diaryl/α,β-unsaturated/α-hetero) is 1. The molecule has 0 bridgehead atoms. The Morgan fingerprint density at radius 2 is 2.47 bits per heavy atom. The summed E-state index contributed by atoms with van der Waals surface area (Å²) >= 11 is 3.07. The van der Waals surface area contributed by atoms with Gasteiger partial charge in [-0.15, -0.1) is 0 Å². The Bertz CT molecular complexity index is 439. The van der Waals surface area contributed by atoms with Gasteiger partial charge in [-0.1, -0.05) is 6.92 Å². The minimum absolute atomic E-state index is 0.0773. The number of halogens is 2. The molecule has 5 heteroatoms. The number of carbonyl (C=O) groups is 1. The van der Waals surface area contributed by atoms with Crippen molar-refractivity contribution in [3.8, 4) is 0 Å². The van der Waals surface area contributed by atoms with Crippen LogP contribution >= 0.6 is 15.9 Å². The van der Waals surface area contributed by atoms with Crippen LogP contribution in [0.15, 0.2) is 16.7 Å². The van der Waals surface area contributed by atoms with Crippen molar-refractivity contribution in [1.82, 2.24) is 4.98 Å². The molecule has 2 rings (SSSR count). The van der Waals surface area contributed by atoms with Crippen LogP contribution in [0.5, 0.6) is 0 Å². The van der Waals surface area contributed by atoms with Gasteiger partial charge in [-0.3, -0.25) is 4.79 Å². The second-order valence-corrected chi connectivity index (χ2v) is 5.06. The predicted octanol–water partition coefficient (Wildman–Crippen LogP) is 2.79. The summed E-state index contributed by atoms with van der Waals surface area (Å²) in [5.41, 5.74) is 0. The molecule has 17 heavy (non-hydrogen) atoms. The number of carbonyl (C=O) groups excluding carboxylic acids is 1. The lowest BCUT2D eigenvalue weighted by Gasteiger charge is -2.17. The lowest BCUT2D eigenvalue weighted by atomic mass is 10.0. The second-order valence-electron chi connectivity index (χ2n) is 4.21. The van der Waals surface area contributed by atoms with Gasteiger partial charge in [0.15, 0.2) is 0 Å². The van der Waals surface area contributed by atoms with Crippen molar-refractivity contribution < 1.29 is 9.18 Å². The van der Waals surface area contributed by atoms with E-state index in [4.69, 9.17) is 0 Å². The molecular weight excluding hydrogens is 287 g/mol. The molecule has 1 atom stereocenters. The van der Waals surface area contributed by atoms with Gasteiger partial charge in [0, 0.05) is 37.7 Å². The van der Waals surface area contributed by atoms with Gasteiger partial charge in [-0.05, 0) is 22.4 Å². The van der Waals surface area contributed by atoms with Crippen LogP contribution in [0.4, 0.5) is 10.2 Å². The molecule has 0 amide bonds. The molecule has 1 aromatic rings. The minimum atomic E-state index is -0.319. The quantitative estimate of drug-likeness (QED) is 0.860. The van der Waals surface area contributed by atoms with Crippen LogP contribution in [-0.4, -0.2) is 23.9 Å². The summed E-state index contributed by atoms with van der Waals surface area (Å²) in [5.74, 6) is 0.649. The SMILES string of the molecule is CCC(=O)[C@H]1CCN(c2cc(F)c(Br)cn2)C1. The monoisotopic (exact) mass is 300 g/mol. The maximum atomic E-state index is 13.4. The van der Waals surface area contributed by atoms with E-state index in [9.17, 15) is 9.18 Å². The molecule has 1 aliphatic rings. The number of nitrogens with zero attached hydrogens (tertiary/aromatic N) is 2. The molecule has 2 heterocycles. The summed E-state index contributed by atoms with van der Waals surface area (Å²) in [6, 6.07) is 1.41. The normalized spacial score (nSPS) is 19.7. The van der Waals surface area contributed by atoms with E-state index >= 15 is 0 Å². The number of rotatable bonds is 3. The lowest BCUT2D eigenvalue weighted by molar-refractivity contribution is -0.121. The standard InChI is InChI=1S/C12H14BrFN2O/c1-2-11(17)8-3-4-16(7-8)12-5-10(14)9(13)6-15-12/h5-6,8H,2-4,7H2,1H3/t8-/m0/s1. The highest BCUT2D eigenvalue weighted by Gasteiger charge is 2.28. The highest BCUT2D eigenvalue weighted by molar-refractivity contribution is 9.10. The van der Waals surface area contributed by atoms with Gasteiger partial charge in [-0.2, -0.15) is 0 Å². The first kappa shape index (κ1) is 12.5. The van der Waals surface area contributed by atoms with E-state index in [2.05, 4.69) is 20.9 Å². The summed E-state index contributed by atoms with van der Waals surface area (Å²) in [7, 11) is 0. The molecule has 0 aliphatic carbocycles. The number of hydrogen-bond donors (Lipinski definition) is 0. The Hall–Kier alpha value is -0.970. The molecule has 0 saturated carbocycles. The molecule has 0 unspecified atom stereocenters. The summed E-state index contributed by atoms with van der Waals surface area (Å²) in [6.07, 6.45) is 2.87. The Morgan fingerprint density at radius 3 is 3.12 bits per heavy atom. The zero-order valence-corrected chi connectivity index (χ0v) is 11.2. The average molecular weight is 301 g/mol. The highest BCUT2D eigenvalue weighted by Crippen LogP contribution is 2.25. The molecule has 0 radical (unpaired) electrons. The van der Waals surface area contributed by atoms with Crippen LogP contribution < -0.4 is 4.90 Å². The third-order valence-corrected chi connectivity index (χ3v) is 3.69. The largest absolute Gasteiger partial charge is 0.356 e. The third-order valence-electron chi connectivity index (χ3n) is 3.11. The molecule has 1 saturated heterocycles. The Labute approximate surface area is 108 Å². The Morgan fingerprint density at radius 1 is 1.71 bits per heavy atom. The van der Waals surface area contributed by atoms with E-state index in [0.29, 0.717) is 23.3 Å². The van der Waals surface area contributed by atoms with Crippen LogP contribution in [0, 0.1) is 11.7 Å². The Balaban J connectivity index is 2.10. The fourth-order valence-corrected chi connectivity index (χ4v) is 2.31. The van der Waals surface area contributed by atoms with Crippen LogP contribution in [-0.2, 0) is 4.79 Å². The average Bonchev–Trinajstić information content (AvgIpc) is 2.81. The first-order valence-electron chi connectivity index (χ1n) is 5.70. The minimum Gasteiger partial charge on any atom is -0.356 e. The lowest BCUT2D eigenvalue weighted by Crippen LogP contribution is -2.23. The zero-order valence-electron chi connectivity index (χ0n) is 9.62. The number of ketones is 1. The van der Waals surface area contributed by atoms with Gasteiger partial charge in [-0.25, -0.2) is 9.37 Å². The highest BCUT2D eigenvalue weighted by atomic mass is 79.9. The summed E-state index contributed by atoms with van der Waals surface area (Å²) in [5, 5.41) is 0. The fourth-order valence-electron chi connectivity index (χ4n) is 2.10. The van der Waals surface area contributed by atoms with Gasteiger partial charge >= 0.3 is 0 Å². The van der Waals surface area contributed by atoms with Gasteiger partial charge in [0.1, 0.15) is 17.4 Å². The van der Waals surface area contributed by atoms with Crippen molar-refractivity contribution in [3.05, 3.63) is 22.6 Å². The smallest absolute Gasteiger partial charge is 0.142 e. The molecule has 1 aliphatic heterocycles. The summed E-state index contributed by atoms with van der Waals surface area (Å²) < 4.78 is 13.7. The van der Waals surface area contributed by atoms with Crippen molar-refractivity contribution in [3.63, 3.8) is 0 Å².